The highest BCUT2D eigenvalue weighted by molar-refractivity contribution is 8.01. The van der Waals surface area contributed by atoms with Crippen molar-refractivity contribution in [3.63, 3.8) is 0 Å². The van der Waals surface area contributed by atoms with Crippen LogP contribution >= 0.6 is 34.7 Å². The van der Waals surface area contributed by atoms with Crippen LogP contribution in [0.3, 0.4) is 0 Å². The predicted octanol–water partition coefficient (Wildman–Crippen LogP) is 4.58. The number of carbonyl (C=O) groups excluding carboxylic acids is 1. The Morgan fingerprint density at radius 2 is 2.00 bits per heavy atom. The maximum Gasteiger partial charge on any atom is 0.250 e. The van der Waals surface area contributed by atoms with Crippen LogP contribution in [0.4, 0.5) is 0 Å². The lowest BCUT2D eigenvalue weighted by Gasteiger charge is -2.02. The molecule has 0 fully saturated rings. The summed E-state index contributed by atoms with van der Waals surface area (Å²) in [5.74, 6) is 0.115. The van der Waals surface area contributed by atoms with Gasteiger partial charge >= 0.3 is 0 Å². The van der Waals surface area contributed by atoms with Crippen molar-refractivity contribution in [2.45, 2.75) is 11.3 Å². The molecular weight excluding hydrogens is 362 g/mol. The number of halogens is 1. The first-order chi connectivity index (χ1) is 11.6. The summed E-state index contributed by atoms with van der Waals surface area (Å²) in [7, 11) is 0. The summed E-state index contributed by atoms with van der Waals surface area (Å²) in [6.07, 6.45) is 0. The van der Waals surface area contributed by atoms with Crippen molar-refractivity contribution in [3.05, 3.63) is 59.1 Å². The largest absolute Gasteiger partial charge is 0.272 e. The van der Waals surface area contributed by atoms with E-state index in [1.54, 1.807) is 23.5 Å². The molecule has 24 heavy (non-hydrogen) atoms. The fourth-order valence-electron chi connectivity index (χ4n) is 1.97. The van der Waals surface area contributed by atoms with Crippen molar-refractivity contribution < 1.29 is 4.79 Å². The van der Waals surface area contributed by atoms with Crippen molar-refractivity contribution in [3.8, 4) is 0 Å². The Labute approximate surface area is 152 Å². The van der Waals surface area contributed by atoms with E-state index in [-0.39, 0.29) is 11.7 Å². The van der Waals surface area contributed by atoms with Crippen molar-refractivity contribution in [1.82, 2.24) is 10.4 Å². The summed E-state index contributed by atoms with van der Waals surface area (Å²) < 4.78 is 2.00. The lowest BCUT2D eigenvalue weighted by atomic mass is 10.1. The molecule has 1 amide bonds. The molecule has 0 atom stereocenters. The summed E-state index contributed by atoms with van der Waals surface area (Å²) >= 11 is 8.85. The molecule has 0 spiro atoms. The highest BCUT2D eigenvalue weighted by atomic mass is 35.5. The molecule has 7 heteroatoms. The Kier molecular flexibility index (Phi) is 5.50. The molecule has 0 aliphatic rings. The molecule has 0 saturated heterocycles. The Morgan fingerprint density at radius 3 is 2.75 bits per heavy atom. The topological polar surface area (TPSA) is 54.4 Å². The van der Waals surface area contributed by atoms with Crippen LogP contribution in [0.2, 0.25) is 5.02 Å². The Balaban J connectivity index is 1.55. The molecule has 0 unspecified atom stereocenters. The minimum atomic E-state index is -0.160. The van der Waals surface area contributed by atoms with Gasteiger partial charge in [0, 0.05) is 5.02 Å². The molecular formula is C17H14ClN3OS2. The maximum atomic E-state index is 11.9. The van der Waals surface area contributed by atoms with Crippen LogP contribution in [0.15, 0.2) is 58.0 Å². The third-order valence-corrected chi connectivity index (χ3v) is 5.64. The second-order valence-electron chi connectivity index (χ2n) is 4.98. The molecule has 2 aromatic carbocycles. The Bertz CT molecular complexity index is 857. The number of thioether (sulfide) groups is 1. The second-order valence-corrected chi connectivity index (χ2v) is 7.66. The van der Waals surface area contributed by atoms with Gasteiger partial charge in [-0.05, 0) is 36.8 Å². The molecule has 122 valence electrons. The van der Waals surface area contributed by atoms with Gasteiger partial charge in [-0.1, -0.05) is 47.6 Å². The number of para-hydroxylation sites is 1. The summed E-state index contributed by atoms with van der Waals surface area (Å²) in [6, 6.07) is 15.2. The maximum absolute atomic E-state index is 11.9. The smallest absolute Gasteiger partial charge is 0.250 e. The minimum Gasteiger partial charge on any atom is -0.272 e. The predicted molar refractivity (Wildman–Crippen MR) is 102 cm³/mol. The average Bonchev–Trinajstić information content (AvgIpc) is 3.01. The van der Waals surface area contributed by atoms with Gasteiger partial charge in [-0.2, -0.15) is 5.10 Å². The fraction of sp³-hybridized carbons (Fsp3) is 0.118. The van der Waals surface area contributed by atoms with Crippen molar-refractivity contribution in [2.75, 3.05) is 5.75 Å². The zero-order valence-corrected chi connectivity index (χ0v) is 15.2. The molecule has 0 radical (unpaired) electrons. The normalized spacial score (nSPS) is 11.7. The zero-order chi connectivity index (χ0) is 16.9. The van der Waals surface area contributed by atoms with E-state index < -0.39 is 0 Å². The van der Waals surface area contributed by atoms with Crippen LogP contribution in [0, 0.1) is 0 Å². The lowest BCUT2D eigenvalue weighted by Crippen LogP contribution is -2.21. The molecule has 0 bridgehead atoms. The van der Waals surface area contributed by atoms with Gasteiger partial charge in [0.2, 0.25) is 0 Å². The van der Waals surface area contributed by atoms with Gasteiger partial charge in [-0.15, -0.1) is 11.3 Å². The standard InChI is InChI=1S/C17H14ClN3OS2/c1-11(12-6-8-13(18)9-7-12)20-21-16(22)10-23-17-19-14-4-2-3-5-15(14)24-17/h2-9H,10H2,1H3,(H,21,22). The van der Waals surface area contributed by atoms with E-state index in [2.05, 4.69) is 15.5 Å². The summed E-state index contributed by atoms with van der Waals surface area (Å²) in [5, 5.41) is 4.79. The van der Waals surface area contributed by atoms with Crippen molar-refractivity contribution >= 4 is 56.5 Å². The number of fused-ring (bicyclic) bond motifs is 1. The van der Waals surface area contributed by atoms with Crippen LogP contribution in [-0.4, -0.2) is 22.4 Å². The first-order valence-corrected chi connectivity index (χ1v) is 9.37. The number of nitrogens with one attached hydrogen (secondary N) is 1. The number of carbonyl (C=O) groups is 1. The van der Waals surface area contributed by atoms with E-state index in [0.717, 1.165) is 25.8 Å². The molecule has 1 heterocycles. The average molecular weight is 376 g/mol. The highest BCUT2D eigenvalue weighted by Gasteiger charge is 2.07. The number of aromatic nitrogens is 1. The number of thiazole rings is 1. The molecule has 1 aromatic heterocycles. The monoisotopic (exact) mass is 375 g/mol. The zero-order valence-electron chi connectivity index (χ0n) is 12.8. The number of rotatable bonds is 5. The molecule has 0 aliphatic heterocycles. The number of benzene rings is 2. The van der Waals surface area contributed by atoms with Gasteiger partial charge in [-0.3, -0.25) is 4.79 Å². The third kappa shape index (κ3) is 4.35. The quantitative estimate of drug-likeness (QED) is 0.403. The molecule has 4 nitrogen and oxygen atoms in total. The van der Waals surface area contributed by atoms with Gasteiger partial charge in [0.1, 0.15) is 0 Å². The molecule has 0 aliphatic carbocycles. The first kappa shape index (κ1) is 17.0. The van der Waals surface area contributed by atoms with Gasteiger partial charge < -0.3 is 0 Å². The Hall–Kier alpha value is -1.89. The van der Waals surface area contributed by atoms with Crippen LogP contribution in [0.25, 0.3) is 10.2 Å². The number of hydrogen-bond acceptors (Lipinski definition) is 5. The SMILES string of the molecule is CC(=NNC(=O)CSc1nc2ccccc2s1)c1ccc(Cl)cc1. The third-order valence-electron chi connectivity index (χ3n) is 3.21. The van der Waals surface area contributed by atoms with Crippen LogP contribution in [-0.2, 0) is 4.79 Å². The van der Waals surface area contributed by atoms with Gasteiger partial charge in [0.25, 0.3) is 5.91 Å². The van der Waals surface area contributed by atoms with Gasteiger partial charge in [0.15, 0.2) is 4.34 Å². The molecule has 3 rings (SSSR count). The van der Waals surface area contributed by atoms with E-state index in [9.17, 15) is 4.79 Å². The number of hydrogen-bond donors (Lipinski definition) is 1. The van der Waals surface area contributed by atoms with Crippen LogP contribution < -0.4 is 5.43 Å². The summed E-state index contributed by atoms with van der Waals surface area (Å²) in [5.41, 5.74) is 5.17. The highest BCUT2D eigenvalue weighted by Crippen LogP contribution is 2.28. The van der Waals surface area contributed by atoms with E-state index >= 15 is 0 Å². The van der Waals surface area contributed by atoms with E-state index in [1.165, 1.54) is 11.8 Å². The van der Waals surface area contributed by atoms with Crippen molar-refractivity contribution in [1.29, 1.82) is 0 Å². The van der Waals surface area contributed by atoms with Gasteiger partial charge in [0.05, 0.1) is 21.7 Å². The first-order valence-electron chi connectivity index (χ1n) is 7.19. The van der Waals surface area contributed by atoms with Crippen LogP contribution in [0.1, 0.15) is 12.5 Å². The van der Waals surface area contributed by atoms with Crippen molar-refractivity contribution in [2.24, 2.45) is 5.10 Å². The molecule has 0 saturated carbocycles. The van der Waals surface area contributed by atoms with E-state index in [4.69, 9.17) is 11.6 Å². The van der Waals surface area contributed by atoms with E-state index in [1.807, 2.05) is 43.3 Å². The minimum absolute atomic E-state index is 0.160. The molecule has 1 N–H and O–H groups in total. The lowest BCUT2D eigenvalue weighted by molar-refractivity contribution is -0.118. The summed E-state index contributed by atoms with van der Waals surface area (Å²) in [6.45, 7) is 1.84. The van der Waals surface area contributed by atoms with Crippen LogP contribution in [0.5, 0.6) is 0 Å². The van der Waals surface area contributed by atoms with E-state index in [0.29, 0.717) is 5.02 Å². The second kappa shape index (κ2) is 7.79. The Morgan fingerprint density at radius 1 is 1.25 bits per heavy atom. The molecule has 3 aromatic rings. The number of nitrogens with zero attached hydrogens (tertiary/aromatic N) is 2. The van der Waals surface area contributed by atoms with Gasteiger partial charge in [-0.25, -0.2) is 10.4 Å². The summed E-state index contributed by atoms with van der Waals surface area (Å²) in [4.78, 5) is 16.4. The number of amides is 1. The fourth-order valence-corrected chi connectivity index (χ4v) is 3.96. The number of hydrazone groups is 1.